The molecule has 1 aliphatic heterocycles. The molecular weight excluding hydrogens is 322 g/mol. The zero-order valence-corrected chi connectivity index (χ0v) is 16.9. The summed E-state index contributed by atoms with van der Waals surface area (Å²) in [5.74, 6) is 1.54. The van der Waals surface area contributed by atoms with E-state index in [0.717, 1.165) is 31.5 Å². The van der Waals surface area contributed by atoms with Gasteiger partial charge in [0.2, 0.25) is 0 Å². The molecule has 0 atom stereocenters. The van der Waals surface area contributed by atoms with Gasteiger partial charge in [-0.25, -0.2) is 0 Å². The molecule has 0 unspecified atom stereocenters. The Kier molecular flexibility index (Phi) is 6.96. The van der Waals surface area contributed by atoms with E-state index in [2.05, 4.69) is 60.7 Å². The van der Waals surface area contributed by atoms with Crippen LogP contribution in [0.2, 0.25) is 0 Å². The number of rotatable bonds is 10. The summed E-state index contributed by atoms with van der Waals surface area (Å²) in [6.45, 7) is 10.8. The van der Waals surface area contributed by atoms with E-state index >= 15 is 0 Å². The van der Waals surface area contributed by atoms with Crippen LogP contribution in [0.3, 0.4) is 0 Å². The SMILES string of the molecule is CC(C)COc1ccc(CNCC2(CNC3CCN(C)CC3)CC2)cc1. The third kappa shape index (κ3) is 6.26. The molecule has 0 aromatic heterocycles. The summed E-state index contributed by atoms with van der Waals surface area (Å²) in [6.07, 6.45) is 5.32. The maximum absolute atomic E-state index is 5.76. The molecule has 2 aliphatic rings. The Hall–Kier alpha value is -1.10. The van der Waals surface area contributed by atoms with Gasteiger partial charge < -0.3 is 20.3 Å². The molecule has 2 fully saturated rings. The van der Waals surface area contributed by atoms with Crippen molar-refractivity contribution >= 4 is 0 Å². The Balaban J connectivity index is 1.33. The molecule has 1 saturated carbocycles. The van der Waals surface area contributed by atoms with Crippen molar-refractivity contribution < 1.29 is 4.74 Å². The lowest BCUT2D eigenvalue weighted by atomic mass is 10.0. The number of hydrogen-bond donors (Lipinski definition) is 2. The van der Waals surface area contributed by atoms with Crippen molar-refractivity contribution in [1.29, 1.82) is 0 Å². The minimum absolute atomic E-state index is 0.504. The fourth-order valence-electron chi connectivity index (χ4n) is 3.60. The number of likely N-dealkylation sites (tertiary alicyclic amines) is 1. The van der Waals surface area contributed by atoms with Crippen LogP contribution in [-0.2, 0) is 6.54 Å². The van der Waals surface area contributed by atoms with Crippen LogP contribution in [0.5, 0.6) is 5.75 Å². The second-order valence-corrected chi connectivity index (χ2v) is 8.91. The Bertz CT molecular complexity index is 531. The van der Waals surface area contributed by atoms with E-state index in [1.165, 1.54) is 50.9 Å². The van der Waals surface area contributed by atoms with Crippen LogP contribution in [0.15, 0.2) is 24.3 Å². The second-order valence-electron chi connectivity index (χ2n) is 8.91. The Morgan fingerprint density at radius 3 is 2.42 bits per heavy atom. The van der Waals surface area contributed by atoms with Gasteiger partial charge in [-0.1, -0.05) is 26.0 Å². The first kappa shape index (κ1) is 19.7. The highest BCUT2D eigenvalue weighted by Gasteiger charge is 2.42. The minimum atomic E-state index is 0.504. The molecular formula is C22H37N3O. The van der Waals surface area contributed by atoms with Crippen molar-refractivity contribution in [2.24, 2.45) is 11.3 Å². The molecule has 1 heterocycles. The lowest BCUT2D eigenvalue weighted by Crippen LogP contribution is -2.44. The van der Waals surface area contributed by atoms with E-state index in [-0.39, 0.29) is 0 Å². The maximum Gasteiger partial charge on any atom is 0.119 e. The third-order valence-corrected chi connectivity index (χ3v) is 5.78. The first-order valence-electron chi connectivity index (χ1n) is 10.4. The summed E-state index contributed by atoms with van der Waals surface area (Å²) >= 11 is 0. The number of nitrogens with one attached hydrogen (secondary N) is 2. The summed E-state index contributed by atoms with van der Waals surface area (Å²) in [6, 6.07) is 9.27. The number of hydrogen-bond acceptors (Lipinski definition) is 4. The van der Waals surface area contributed by atoms with Gasteiger partial charge in [-0.2, -0.15) is 0 Å². The van der Waals surface area contributed by atoms with Gasteiger partial charge in [0, 0.05) is 25.7 Å². The molecule has 0 bridgehead atoms. The van der Waals surface area contributed by atoms with Crippen LogP contribution in [-0.4, -0.2) is 50.8 Å². The third-order valence-electron chi connectivity index (χ3n) is 5.78. The van der Waals surface area contributed by atoms with Crippen molar-refractivity contribution in [2.45, 2.75) is 52.1 Å². The van der Waals surface area contributed by atoms with Crippen molar-refractivity contribution in [3.05, 3.63) is 29.8 Å². The Morgan fingerprint density at radius 1 is 1.12 bits per heavy atom. The fourth-order valence-corrected chi connectivity index (χ4v) is 3.60. The van der Waals surface area contributed by atoms with Crippen LogP contribution < -0.4 is 15.4 Å². The van der Waals surface area contributed by atoms with Crippen molar-refractivity contribution in [3.63, 3.8) is 0 Å². The van der Waals surface area contributed by atoms with E-state index in [0.29, 0.717) is 11.3 Å². The molecule has 4 nitrogen and oxygen atoms in total. The molecule has 1 aromatic rings. The molecule has 2 N–H and O–H groups in total. The molecule has 1 saturated heterocycles. The molecule has 3 rings (SSSR count). The lowest BCUT2D eigenvalue weighted by molar-refractivity contribution is 0.227. The van der Waals surface area contributed by atoms with Gasteiger partial charge in [0.15, 0.2) is 0 Å². The predicted octanol–water partition coefficient (Wildman–Crippen LogP) is 3.28. The first-order chi connectivity index (χ1) is 12.5. The van der Waals surface area contributed by atoms with Gasteiger partial charge in [0.05, 0.1) is 6.61 Å². The molecule has 146 valence electrons. The molecule has 26 heavy (non-hydrogen) atoms. The van der Waals surface area contributed by atoms with Gasteiger partial charge in [-0.3, -0.25) is 0 Å². The highest BCUT2D eigenvalue weighted by Crippen LogP contribution is 2.44. The lowest BCUT2D eigenvalue weighted by Gasteiger charge is -2.31. The Labute approximate surface area is 159 Å². The smallest absolute Gasteiger partial charge is 0.119 e. The van der Waals surface area contributed by atoms with Gasteiger partial charge in [-0.05, 0) is 74.8 Å². The number of nitrogens with zero attached hydrogens (tertiary/aromatic N) is 1. The van der Waals surface area contributed by atoms with Crippen molar-refractivity contribution in [3.8, 4) is 5.75 Å². The quantitative estimate of drug-likeness (QED) is 0.672. The van der Waals surface area contributed by atoms with Crippen LogP contribution >= 0.6 is 0 Å². The van der Waals surface area contributed by atoms with E-state index in [1.807, 2.05) is 0 Å². The summed E-state index contributed by atoms with van der Waals surface area (Å²) in [7, 11) is 2.23. The van der Waals surface area contributed by atoms with Crippen molar-refractivity contribution in [2.75, 3.05) is 39.8 Å². The first-order valence-corrected chi connectivity index (χ1v) is 10.4. The number of piperidine rings is 1. The highest BCUT2D eigenvalue weighted by molar-refractivity contribution is 5.27. The molecule has 4 heteroatoms. The van der Waals surface area contributed by atoms with Crippen LogP contribution in [0.25, 0.3) is 0 Å². The molecule has 0 amide bonds. The second kappa shape index (κ2) is 9.20. The normalized spacial score (nSPS) is 20.5. The summed E-state index contributed by atoms with van der Waals surface area (Å²) < 4.78 is 5.76. The highest BCUT2D eigenvalue weighted by atomic mass is 16.5. The zero-order valence-electron chi connectivity index (χ0n) is 16.9. The van der Waals surface area contributed by atoms with Crippen LogP contribution in [0, 0.1) is 11.3 Å². The standard InChI is InChI=1S/C22H37N3O/c1-18(2)15-26-21-6-4-19(5-7-21)14-23-16-22(10-11-22)17-24-20-8-12-25(3)13-9-20/h4-7,18,20,23-24H,8-17H2,1-3H3. The average molecular weight is 360 g/mol. The summed E-state index contributed by atoms with van der Waals surface area (Å²) in [5, 5.41) is 7.52. The number of ether oxygens (including phenoxy) is 1. The molecule has 1 aliphatic carbocycles. The van der Waals surface area contributed by atoms with E-state index < -0.39 is 0 Å². The predicted molar refractivity (Wildman–Crippen MR) is 109 cm³/mol. The van der Waals surface area contributed by atoms with Gasteiger partial charge >= 0.3 is 0 Å². The average Bonchev–Trinajstić information content (AvgIpc) is 3.41. The molecule has 0 radical (unpaired) electrons. The summed E-state index contributed by atoms with van der Waals surface area (Å²) in [5.41, 5.74) is 1.84. The molecule has 0 spiro atoms. The van der Waals surface area contributed by atoms with Crippen LogP contribution in [0.1, 0.15) is 45.1 Å². The van der Waals surface area contributed by atoms with Gasteiger partial charge in [0.25, 0.3) is 0 Å². The maximum atomic E-state index is 5.76. The fraction of sp³-hybridized carbons (Fsp3) is 0.727. The van der Waals surface area contributed by atoms with E-state index in [4.69, 9.17) is 4.74 Å². The van der Waals surface area contributed by atoms with Gasteiger partial charge in [0.1, 0.15) is 5.75 Å². The van der Waals surface area contributed by atoms with Crippen molar-refractivity contribution in [1.82, 2.24) is 15.5 Å². The summed E-state index contributed by atoms with van der Waals surface area (Å²) in [4.78, 5) is 2.44. The topological polar surface area (TPSA) is 36.5 Å². The van der Waals surface area contributed by atoms with E-state index in [9.17, 15) is 0 Å². The zero-order chi connectivity index (χ0) is 18.4. The van der Waals surface area contributed by atoms with Gasteiger partial charge in [-0.15, -0.1) is 0 Å². The van der Waals surface area contributed by atoms with E-state index in [1.54, 1.807) is 0 Å². The monoisotopic (exact) mass is 359 g/mol. The Morgan fingerprint density at radius 2 is 1.81 bits per heavy atom. The van der Waals surface area contributed by atoms with Crippen LogP contribution in [0.4, 0.5) is 0 Å². The molecule has 1 aromatic carbocycles. The largest absolute Gasteiger partial charge is 0.493 e. The minimum Gasteiger partial charge on any atom is -0.493 e. The number of benzene rings is 1.